The molecule has 5 rings (SSSR count). The summed E-state index contributed by atoms with van der Waals surface area (Å²) in [6.45, 7) is 2.29. The van der Waals surface area contributed by atoms with Crippen molar-refractivity contribution in [3.63, 3.8) is 0 Å². The third kappa shape index (κ3) is 4.76. The fourth-order valence-corrected chi connectivity index (χ4v) is 4.66. The van der Waals surface area contributed by atoms with Crippen molar-refractivity contribution in [3.05, 3.63) is 131 Å². The molecule has 1 unspecified atom stereocenters. The quantitative estimate of drug-likeness (QED) is 0.184. The van der Waals surface area contributed by atoms with Gasteiger partial charge in [-0.25, -0.2) is 0 Å². The molecule has 0 saturated carbocycles. The molecule has 4 aromatic carbocycles. The number of nitrogens with zero attached hydrogens (tertiary/aromatic N) is 1. The first kappa shape index (κ1) is 24.8. The van der Waals surface area contributed by atoms with E-state index < -0.39 is 17.7 Å². The number of anilines is 1. The van der Waals surface area contributed by atoms with Gasteiger partial charge in [-0.05, 0) is 53.9 Å². The van der Waals surface area contributed by atoms with E-state index >= 15 is 0 Å². The van der Waals surface area contributed by atoms with Gasteiger partial charge >= 0.3 is 0 Å². The van der Waals surface area contributed by atoms with Crippen LogP contribution in [0, 0.1) is 6.92 Å². The van der Waals surface area contributed by atoms with Gasteiger partial charge in [-0.2, -0.15) is 0 Å². The number of rotatable bonds is 7. The lowest BCUT2D eigenvalue weighted by Gasteiger charge is -2.25. The molecule has 0 bridgehead atoms. The van der Waals surface area contributed by atoms with E-state index in [-0.39, 0.29) is 11.3 Å². The first-order valence-corrected chi connectivity index (χ1v) is 12.3. The van der Waals surface area contributed by atoms with Crippen LogP contribution in [-0.4, -0.2) is 23.9 Å². The minimum absolute atomic E-state index is 0.0290. The zero-order valence-electron chi connectivity index (χ0n) is 21.1. The molecule has 4 aromatic rings. The van der Waals surface area contributed by atoms with Crippen LogP contribution in [0.15, 0.2) is 109 Å². The summed E-state index contributed by atoms with van der Waals surface area (Å²) in [4.78, 5) is 28.1. The zero-order valence-corrected chi connectivity index (χ0v) is 21.1. The van der Waals surface area contributed by atoms with Crippen LogP contribution in [0.1, 0.15) is 28.3 Å². The number of aryl methyl sites for hydroxylation is 1. The molecule has 1 atom stereocenters. The Morgan fingerprint density at radius 2 is 1.58 bits per heavy atom. The number of aliphatic hydroxyl groups excluding tert-OH is 1. The first-order chi connectivity index (χ1) is 18.5. The minimum atomic E-state index is -0.808. The van der Waals surface area contributed by atoms with Crippen molar-refractivity contribution in [2.75, 3.05) is 12.0 Å². The second-order valence-corrected chi connectivity index (χ2v) is 9.04. The molecule has 0 spiro atoms. The minimum Gasteiger partial charge on any atom is -0.507 e. The number of aliphatic hydroxyl groups is 1. The summed E-state index contributed by atoms with van der Waals surface area (Å²) < 4.78 is 11.3. The molecular weight excluding hydrogens is 478 g/mol. The van der Waals surface area contributed by atoms with Crippen LogP contribution in [-0.2, 0) is 16.2 Å². The van der Waals surface area contributed by atoms with Crippen LogP contribution in [0.3, 0.4) is 0 Å². The lowest BCUT2D eigenvalue weighted by atomic mass is 9.94. The number of benzene rings is 4. The van der Waals surface area contributed by atoms with Crippen LogP contribution < -0.4 is 14.4 Å². The molecule has 38 heavy (non-hydrogen) atoms. The van der Waals surface area contributed by atoms with Gasteiger partial charge in [0, 0.05) is 17.3 Å². The average Bonchev–Trinajstić information content (AvgIpc) is 3.23. The maximum absolute atomic E-state index is 13.4. The van der Waals surface area contributed by atoms with Gasteiger partial charge in [-0.15, -0.1) is 0 Å². The molecular formula is C32H27NO5. The number of carbonyl (C=O) groups is 2. The number of Topliss-reactive ketones (excluding diaryl/α,β-unsaturated/α-hetero) is 1. The summed E-state index contributed by atoms with van der Waals surface area (Å²) >= 11 is 0. The number of hydrogen-bond donors (Lipinski definition) is 1. The summed E-state index contributed by atoms with van der Waals surface area (Å²) in [5.41, 5.74) is 3.50. The Hall–Kier alpha value is -4.84. The number of ether oxygens (including phenoxy) is 2. The van der Waals surface area contributed by atoms with Crippen molar-refractivity contribution in [2.45, 2.75) is 19.6 Å². The van der Waals surface area contributed by atoms with Crippen molar-refractivity contribution >= 4 is 23.1 Å². The predicted molar refractivity (Wildman–Crippen MR) is 146 cm³/mol. The highest BCUT2D eigenvalue weighted by Gasteiger charge is 2.47. The van der Waals surface area contributed by atoms with Gasteiger partial charge in [0.2, 0.25) is 0 Å². The Bertz CT molecular complexity index is 1510. The Morgan fingerprint density at radius 1 is 0.868 bits per heavy atom. The summed E-state index contributed by atoms with van der Waals surface area (Å²) in [5.74, 6) is -0.477. The van der Waals surface area contributed by atoms with E-state index in [1.54, 1.807) is 42.5 Å². The van der Waals surface area contributed by atoms with Gasteiger partial charge in [0.1, 0.15) is 23.9 Å². The van der Waals surface area contributed by atoms with Crippen molar-refractivity contribution in [1.29, 1.82) is 0 Å². The molecule has 0 aliphatic carbocycles. The van der Waals surface area contributed by atoms with E-state index in [0.717, 1.165) is 11.1 Å². The third-order valence-electron chi connectivity index (χ3n) is 6.58. The van der Waals surface area contributed by atoms with Gasteiger partial charge in [0.05, 0.1) is 18.7 Å². The highest BCUT2D eigenvalue weighted by atomic mass is 16.5. The molecule has 1 aliphatic heterocycles. The first-order valence-electron chi connectivity index (χ1n) is 12.3. The highest BCUT2D eigenvalue weighted by molar-refractivity contribution is 6.51. The third-order valence-corrected chi connectivity index (χ3v) is 6.58. The number of carbonyl (C=O) groups excluding carboxylic acids is 2. The standard InChI is InChI=1S/C32H27NO5/c1-21-18-24(16-17-27(21)38-20-22-10-5-3-6-11-22)30(34)28-29(23-12-7-4-8-13-23)33(32(36)31(28)35)25-14-9-15-26(19-25)37-2/h3-19,29,34H,20H2,1-2H3/b30-28+. The number of methoxy groups -OCH3 is 1. The molecule has 1 heterocycles. The topological polar surface area (TPSA) is 76.1 Å². The largest absolute Gasteiger partial charge is 0.507 e. The summed E-state index contributed by atoms with van der Waals surface area (Å²) in [5, 5.41) is 11.4. The Balaban J connectivity index is 1.55. The zero-order chi connectivity index (χ0) is 26.6. The van der Waals surface area contributed by atoms with Crippen LogP contribution in [0.25, 0.3) is 5.76 Å². The molecule has 0 radical (unpaired) electrons. The molecule has 1 N–H and O–H groups in total. The number of hydrogen-bond acceptors (Lipinski definition) is 5. The fraction of sp³-hybridized carbons (Fsp3) is 0.125. The molecule has 6 nitrogen and oxygen atoms in total. The summed E-state index contributed by atoms with van der Waals surface area (Å²) in [6.07, 6.45) is 0. The fourth-order valence-electron chi connectivity index (χ4n) is 4.66. The van der Waals surface area contributed by atoms with E-state index in [4.69, 9.17) is 9.47 Å². The summed E-state index contributed by atoms with van der Waals surface area (Å²) in [6, 6.07) is 30.4. The van der Waals surface area contributed by atoms with E-state index in [1.165, 1.54) is 12.0 Å². The molecule has 1 aliphatic rings. The van der Waals surface area contributed by atoms with Gasteiger partial charge in [0.25, 0.3) is 11.7 Å². The SMILES string of the molecule is COc1cccc(N2C(=O)C(=O)/C(=C(/O)c3ccc(OCc4ccccc4)c(C)c3)C2c2ccccc2)c1. The van der Waals surface area contributed by atoms with Gasteiger partial charge < -0.3 is 14.6 Å². The lowest BCUT2D eigenvalue weighted by molar-refractivity contribution is -0.132. The molecule has 6 heteroatoms. The van der Waals surface area contributed by atoms with E-state index in [9.17, 15) is 14.7 Å². The van der Waals surface area contributed by atoms with Crippen LogP contribution in [0.2, 0.25) is 0 Å². The molecule has 1 fully saturated rings. The second kappa shape index (κ2) is 10.6. The second-order valence-electron chi connectivity index (χ2n) is 9.04. The van der Waals surface area contributed by atoms with E-state index in [0.29, 0.717) is 34.9 Å². The monoisotopic (exact) mass is 505 g/mol. The van der Waals surface area contributed by atoms with Crippen molar-refractivity contribution < 1.29 is 24.2 Å². The van der Waals surface area contributed by atoms with Gasteiger partial charge in [-0.1, -0.05) is 66.7 Å². The smallest absolute Gasteiger partial charge is 0.300 e. The predicted octanol–water partition coefficient (Wildman–Crippen LogP) is 6.21. The maximum atomic E-state index is 13.4. The molecule has 0 aromatic heterocycles. The Labute approximate surface area is 221 Å². The normalized spacial score (nSPS) is 16.5. The number of amides is 1. The van der Waals surface area contributed by atoms with Gasteiger partial charge in [0.15, 0.2) is 0 Å². The molecule has 190 valence electrons. The van der Waals surface area contributed by atoms with E-state index in [2.05, 4.69) is 0 Å². The van der Waals surface area contributed by atoms with Crippen molar-refractivity contribution in [2.24, 2.45) is 0 Å². The maximum Gasteiger partial charge on any atom is 0.300 e. The number of ketones is 1. The van der Waals surface area contributed by atoms with Crippen LogP contribution in [0.5, 0.6) is 11.5 Å². The van der Waals surface area contributed by atoms with Gasteiger partial charge in [-0.3, -0.25) is 14.5 Å². The van der Waals surface area contributed by atoms with Crippen molar-refractivity contribution in [3.8, 4) is 11.5 Å². The van der Waals surface area contributed by atoms with Crippen molar-refractivity contribution in [1.82, 2.24) is 0 Å². The highest BCUT2D eigenvalue weighted by Crippen LogP contribution is 2.43. The average molecular weight is 506 g/mol. The Kier molecular flexibility index (Phi) is 6.96. The van der Waals surface area contributed by atoms with E-state index in [1.807, 2.05) is 67.6 Å². The summed E-state index contributed by atoms with van der Waals surface area (Å²) in [7, 11) is 1.54. The molecule has 1 amide bonds. The van der Waals surface area contributed by atoms with Crippen LogP contribution >= 0.6 is 0 Å². The Morgan fingerprint density at radius 3 is 2.26 bits per heavy atom. The van der Waals surface area contributed by atoms with Crippen LogP contribution in [0.4, 0.5) is 5.69 Å². The lowest BCUT2D eigenvalue weighted by Crippen LogP contribution is -2.29. The molecule has 1 saturated heterocycles.